The van der Waals surface area contributed by atoms with Crippen LogP contribution in [0.4, 0.5) is 35.4 Å². The average molecular weight is 586 g/mol. The number of carbonyl (C=O) groups is 1. The molecule has 3 aromatic heterocycles. The van der Waals surface area contributed by atoms with E-state index >= 15 is 0 Å². The van der Waals surface area contributed by atoms with Crippen LogP contribution in [0.15, 0.2) is 48.9 Å². The molecule has 1 amide bonds. The lowest BCUT2D eigenvalue weighted by Gasteiger charge is -2.47. The first-order chi connectivity index (χ1) is 19.9. The number of halogens is 3. The molecule has 13 heteroatoms. The molecule has 224 valence electrons. The maximum Gasteiger partial charge on any atom is 0.573 e. The van der Waals surface area contributed by atoms with Crippen molar-refractivity contribution < 1.29 is 27.4 Å². The molecule has 3 aromatic rings. The van der Waals surface area contributed by atoms with Crippen molar-refractivity contribution in [2.45, 2.75) is 58.4 Å². The Morgan fingerprint density at radius 2 is 1.67 bits per heavy atom. The van der Waals surface area contributed by atoms with Gasteiger partial charge in [0.25, 0.3) is 0 Å². The van der Waals surface area contributed by atoms with Crippen LogP contribution in [-0.4, -0.2) is 69.1 Å². The number of hydrogen-bond acceptors (Lipinski definition) is 9. The molecule has 0 aliphatic carbocycles. The molecule has 1 N–H and O–H groups in total. The van der Waals surface area contributed by atoms with Gasteiger partial charge in [-0.1, -0.05) is 0 Å². The summed E-state index contributed by atoms with van der Waals surface area (Å²) in [6.45, 7) is 8.49. The van der Waals surface area contributed by atoms with Gasteiger partial charge in [0.05, 0.1) is 0 Å². The highest BCUT2D eigenvalue weighted by Crippen LogP contribution is 2.42. The number of nitrogens with zero attached hydrogens (tertiary/aromatic N) is 6. The number of amides is 1. The van der Waals surface area contributed by atoms with Gasteiger partial charge in [0.15, 0.2) is 5.82 Å². The Balaban J connectivity index is 1.31. The van der Waals surface area contributed by atoms with Gasteiger partial charge < -0.3 is 24.6 Å². The zero-order chi connectivity index (χ0) is 30.0. The quantitative estimate of drug-likeness (QED) is 0.375. The normalized spacial score (nSPS) is 17.2. The minimum absolute atomic E-state index is 0.146. The van der Waals surface area contributed by atoms with Gasteiger partial charge in [-0.25, -0.2) is 19.7 Å². The average Bonchev–Trinajstić information content (AvgIpc) is 2.92. The predicted octanol–water partition coefficient (Wildman–Crippen LogP) is 6.19. The van der Waals surface area contributed by atoms with Gasteiger partial charge in [-0.05, 0) is 70.1 Å². The highest BCUT2D eigenvalue weighted by atomic mass is 19.4. The highest BCUT2D eigenvalue weighted by Gasteiger charge is 2.40. The number of rotatable bonds is 5. The lowest BCUT2D eigenvalue weighted by molar-refractivity contribution is -0.274. The number of piperidine rings is 2. The zero-order valence-corrected chi connectivity index (χ0v) is 23.8. The lowest BCUT2D eigenvalue weighted by Crippen LogP contribution is -2.49. The summed E-state index contributed by atoms with van der Waals surface area (Å²) >= 11 is 0. The van der Waals surface area contributed by atoms with Crippen molar-refractivity contribution >= 4 is 23.5 Å². The van der Waals surface area contributed by atoms with Crippen molar-refractivity contribution in [2.75, 3.05) is 36.4 Å². The number of carbonyl (C=O) groups excluding carboxylic acids is 1. The standard InChI is InChI=1S/C29H34F3N7O3/c1-27(2,3)42-26(40)39-15-9-28(10-16-39)7-13-38(14-8-28)24-18-23(36-25(37-24)20-5-4-11-33-19-20)35-22-17-21(6-12-34-22)41-29(30,31)32/h4-6,11-12,17-19H,7-10,13-16H2,1-3H3,(H,34,35,36,37). The fourth-order valence-corrected chi connectivity index (χ4v) is 5.29. The van der Waals surface area contributed by atoms with E-state index in [1.807, 2.05) is 26.8 Å². The molecule has 0 saturated carbocycles. The van der Waals surface area contributed by atoms with E-state index < -0.39 is 12.0 Å². The van der Waals surface area contributed by atoms with Crippen LogP contribution in [0.2, 0.25) is 0 Å². The molecule has 0 bridgehead atoms. The molecule has 42 heavy (non-hydrogen) atoms. The van der Waals surface area contributed by atoms with Gasteiger partial charge in [-0.15, -0.1) is 13.2 Å². The lowest BCUT2D eigenvalue weighted by atomic mass is 9.71. The number of alkyl halides is 3. The molecule has 0 aromatic carbocycles. The van der Waals surface area contributed by atoms with E-state index in [9.17, 15) is 18.0 Å². The van der Waals surface area contributed by atoms with Crippen molar-refractivity contribution in [3.05, 3.63) is 48.9 Å². The van der Waals surface area contributed by atoms with Gasteiger partial charge in [-0.2, -0.15) is 0 Å². The van der Waals surface area contributed by atoms with Crippen molar-refractivity contribution in [3.63, 3.8) is 0 Å². The van der Waals surface area contributed by atoms with E-state index in [1.54, 1.807) is 29.4 Å². The molecule has 2 fully saturated rings. The zero-order valence-electron chi connectivity index (χ0n) is 23.8. The summed E-state index contributed by atoms with van der Waals surface area (Å²) in [5, 5.41) is 3.00. The number of nitrogens with one attached hydrogen (secondary N) is 1. The molecule has 2 aliphatic rings. The number of hydrogen-bond donors (Lipinski definition) is 1. The molecule has 10 nitrogen and oxygen atoms in total. The minimum atomic E-state index is -4.81. The molecule has 2 saturated heterocycles. The first-order valence-corrected chi connectivity index (χ1v) is 13.9. The summed E-state index contributed by atoms with van der Waals surface area (Å²) in [5.41, 5.74) is 0.332. The number of likely N-dealkylation sites (tertiary alicyclic amines) is 1. The fraction of sp³-hybridized carbons (Fsp3) is 0.483. The Morgan fingerprint density at radius 3 is 2.31 bits per heavy atom. The van der Waals surface area contributed by atoms with Crippen molar-refractivity contribution in [1.82, 2.24) is 24.8 Å². The summed E-state index contributed by atoms with van der Waals surface area (Å²) in [7, 11) is 0. The van der Waals surface area contributed by atoms with Crippen molar-refractivity contribution in [3.8, 4) is 17.1 Å². The molecule has 1 spiro atoms. The Morgan fingerprint density at radius 1 is 0.952 bits per heavy atom. The summed E-state index contributed by atoms with van der Waals surface area (Å²) in [5.74, 6) is 1.25. The fourth-order valence-electron chi connectivity index (χ4n) is 5.29. The monoisotopic (exact) mass is 585 g/mol. The Hall–Kier alpha value is -4.16. The summed E-state index contributed by atoms with van der Waals surface area (Å²) in [6.07, 6.45) is 3.19. The van der Waals surface area contributed by atoms with E-state index in [0.717, 1.165) is 50.9 Å². The first-order valence-electron chi connectivity index (χ1n) is 13.9. The second-order valence-electron chi connectivity index (χ2n) is 11.7. The van der Waals surface area contributed by atoms with Crippen LogP contribution in [0.3, 0.4) is 0 Å². The first kappa shape index (κ1) is 29.3. The molecule has 0 radical (unpaired) electrons. The Kier molecular flexibility index (Phi) is 8.11. The minimum Gasteiger partial charge on any atom is -0.444 e. The highest BCUT2D eigenvalue weighted by molar-refractivity contribution is 5.68. The van der Waals surface area contributed by atoms with Gasteiger partial charge in [-0.3, -0.25) is 4.98 Å². The molecule has 0 unspecified atom stereocenters. The van der Waals surface area contributed by atoms with Crippen LogP contribution in [0, 0.1) is 5.41 Å². The topological polar surface area (TPSA) is 106 Å². The summed E-state index contributed by atoms with van der Waals surface area (Å²) < 4.78 is 47.8. The third-order valence-corrected chi connectivity index (χ3v) is 7.48. The molecule has 2 aliphatic heterocycles. The summed E-state index contributed by atoms with van der Waals surface area (Å²) in [4.78, 5) is 34.2. The van der Waals surface area contributed by atoms with E-state index in [1.165, 1.54) is 6.20 Å². The van der Waals surface area contributed by atoms with Gasteiger partial charge >= 0.3 is 12.5 Å². The van der Waals surface area contributed by atoms with Crippen LogP contribution in [0.5, 0.6) is 5.75 Å². The van der Waals surface area contributed by atoms with Gasteiger partial charge in [0, 0.05) is 62.5 Å². The van der Waals surface area contributed by atoms with E-state index in [2.05, 4.69) is 29.9 Å². The Labute approximate surface area is 242 Å². The molecular formula is C29H34F3N7O3. The third-order valence-electron chi connectivity index (χ3n) is 7.48. The summed E-state index contributed by atoms with van der Waals surface area (Å²) in [6, 6.07) is 7.68. The second-order valence-corrected chi connectivity index (χ2v) is 11.7. The second kappa shape index (κ2) is 11.6. The maximum atomic E-state index is 12.7. The van der Waals surface area contributed by atoms with Crippen LogP contribution in [0.1, 0.15) is 46.5 Å². The number of aromatic nitrogens is 4. The molecular weight excluding hydrogens is 551 g/mol. The van der Waals surface area contributed by atoms with Gasteiger partial charge in [0.1, 0.15) is 28.8 Å². The van der Waals surface area contributed by atoms with Crippen molar-refractivity contribution in [1.29, 1.82) is 0 Å². The van der Waals surface area contributed by atoms with E-state index in [4.69, 9.17) is 9.72 Å². The Bertz CT molecular complexity index is 1380. The predicted molar refractivity (Wildman–Crippen MR) is 150 cm³/mol. The number of anilines is 3. The number of ether oxygens (including phenoxy) is 2. The van der Waals surface area contributed by atoms with Gasteiger partial charge in [0.2, 0.25) is 0 Å². The van der Waals surface area contributed by atoms with E-state index in [0.29, 0.717) is 36.1 Å². The van der Waals surface area contributed by atoms with Crippen LogP contribution in [-0.2, 0) is 4.74 Å². The molecule has 0 atom stereocenters. The largest absolute Gasteiger partial charge is 0.573 e. The number of pyridine rings is 2. The molecule has 5 heterocycles. The van der Waals surface area contributed by atoms with Crippen LogP contribution < -0.4 is 15.0 Å². The smallest absolute Gasteiger partial charge is 0.444 e. The van der Waals surface area contributed by atoms with Crippen LogP contribution in [0.25, 0.3) is 11.4 Å². The van der Waals surface area contributed by atoms with Crippen molar-refractivity contribution in [2.24, 2.45) is 5.41 Å². The molecule has 5 rings (SSSR count). The SMILES string of the molecule is CC(C)(C)OC(=O)N1CCC2(CC1)CCN(c1cc(Nc3cc(OC(F)(F)F)ccn3)nc(-c3cccnc3)n1)CC2. The third kappa shape index (κ3) is 7.56. The van der Waals surface area contributed by atoms with Crippen LogP contribution >= 0.6 is 0 Å². The van der Waals surface area contributed by atoms with E-state index in [-0.39, 0.29) is 23.1 Å². The maximum absolute atomic E-state index is 12.7.